The van der Waals surface area contributed by atoms with Crippen LogP contribution in [0.3, 0.4) is 0 Å². The average molecular weight is 397 g/mol. The number of pyridine rings is 1. The van der Waals surface area contributed by atoms with E-state index < -0.39 is 0 Å². The van der Waals surface area contributed by atoms with Gasteiger partial charge in [-0.2, -0.15) is 0 Å². The first-order valence-electron chi connectivity index (χ1n) is 9.66. The van der Waals surface area contributed by atoms with Gasteiger partial charge in [0.1, 0.15) is 5.69 Å². The van der Waals surface area contributed by atoms with Gasteiger partial charge in [0.15, 0.2) is 0 Å². The molecule has 2 N–H and O–H groups in total. The third kappa shape index (κ3) is 5.75. The van der Waals surface area contributed by atoms with Crippen LogP contribution < -0.4 is 15.5 Å². The smallest absolute Gasteiger partial charge is 0.274 e. The number of amides is 2. The van der Waals surface area contributed by atoms with Crippen LogP contribution in [0.4, 0.5) is 11.4 Å². The molecule has 8 heteroatoms. The lowest BCUT2D eigenvalue weighted by molar-refractivity contribution is 0.0951. The zero-order chi connectivity index (χ0) is 20.6. The lowest BCUT2D eigenvalue weighted by Crippen LogP contribution is -2.36. The summed E-state index contributed by atoms with van der Waals surface area (Å²) in [6, 6.07) is 10.8. The van der Waals surface area contributed by atoms with Crippen molar-refractivity contribution in [3.8, 4) is 0 Å². The van der Waals surface area contributed by atoms with Gasteiger partial charge in [0.25, 0.3) is 11.8 Å². The van der Waals surface area contributed by atoms with E-state index in [-0.39, 0.29) is 17.5 Å². The van der Waals surface area contributed by atoms with Gasteiger partial charge < -0.3 is 25.2 Å². The van der Waals surface area contributed by atoms with Crippen molar-refractivity contribution in [2.45, 2.75) is 0 Å². The Morgan fingerprint density at radius 1 is 1.14 bits per heavy atom. The zero-order valence-electron chi connectivity index (χ0n) is 16.9. The first kappa shape index (κ1) is 20.8. The second kappa shape index (κ2) is 9.99. The maximum Gasteiger partial charge on any atom is 0.274 e. The Balaban J connectivity index is 1.69. The van der Waals surface area contributed by atoms with Gasteiger partial charge in [-0.05, 0) is 38.4 Å². The number of hydrogen-bond acceptors (Lipinski definition) is 6. The molecule has 154 valence electrons. The number of para-hydroxylation sites is 2. The zero-order valence-corrected chi connectivity index (χ0v) is 16.9. The molecule has 1 aliphatic heterocycles. The Morgan fingerprint density at radius 3 is 2.66 bits per heavy atom. The summed E-state index contributed by atoms with van der Waals surface area (Å²) in [5, 5.41) is 5.77. The van der Waals surface area contributed by atoms with E-state index in [1.54, 1.807) is 6.07 Å². The summed E-state index contributed by atoms with van der Waals surface area (Å²) in [5.41, 5.74) is 2.26. The highest BCUT2D eigenvalue weighted by Crippen LogP contribution is 2.26. The minimum absolute atomic E-state index is 0.196. The molecule has 2 amide bonds. The van der Waals surface area contributed by atoms with E-state index in [0.29, 0.717) is 31.0 Å². The lowest BCUT2D eigenvalue weighted by Gasteiger charge is -2.30. The summed E-state index contributed by atoms with van der Waals surface area (Å²) in [6.07, 6.45) is 1.48. The molecule has 2 aromatic rings. The van der Waals surface area contributed by atoms with Gasteiger partial charge in [-0.1, -0.05) is 12.1 Å². The molecule has 1 aromatic carbocycles. The molecule has 1 aromatic heterocycles. The van der Waals surface area contributed by atoms with Crippen LogP contribution in [-0.4, -0.2) is 75.2 Å². The Hall–Kier alpha value is -2.97. The predicted molar refractivity (Wildman–Crippen MR) is 113 cm³/mol. The number of rotatable bonds is 7. The molecule has 0 unspecified atom stereocenters. The van der Waals surface area contributed by atoms with Gasteiger partial charge in [-0.25, -0.2) is 0 Å². The van der Waals surface area contributed by atoms with Crippen LogP contribution in [0.15, 0.2) is 42.6 Å². The molecule has 8 nitrogen and oxygen atoms in total. The minimum Gasteiger partial charge on any atom is -0.378 e. The molecule has 0 bridgehead atoms. The molecule has 0 aliphatic carbocycles. The molecule has 2 heterocycles. The second-order valence-corrected chi connectivity index (χ2v) is 7.06. The highest BCUT2D eigenvalue weighted by molar-refractivity contribution is 6.06. The van der Waals surface area contributed by atoms with Crippen molar-refractivity contribution in [3.05, 3.63) is 53.9 Å². The van der Waals surface area contributed by atoms with Crippen LogP contribution in [0, 0.1) is 0 Å². The number of nitrogens with zero attached hydrogens (tertiary/aromatic N) is 3. The van der Waals surface area contributed by atoms with E-state index in [9.17, 15) is 9.59 Å². The van der Waals surface area contributed by atoms with Crippen molar-refractivity contribution >= 4 is 23.2 Å². The van der Waals surface area contributed by atoms with Gasteiger partial charge in [0, 0.05) is 37.9 Å². The van der Waals surface area contributed by atoms with Gasteiger partial charge in [0.2, 0.25) is 0 Å². The molecule has 1 saturated heterocycles. The van der Waals surface area contributed by atoms with E-state index in [1.807, 2.05) is 43.3 Å². The number of hydrogen-bond donors (Lipinski definition) is 2. The monoisotopic (exact) mass is 397 g/mol. The maximum absolute atomic E-state index is 12.8. The van der Waals surface area contributed by atoms with Crippen molar-refractivity contribution in [3.63, 3.8) is 0 Å². The number of anilines is 2. The van der Waals surface area contributed by atoms with Crippen LogP contribution in [0.1, 0.15) is 20.8 Å². The molecule has 3 rings (SSSR count). The number of benzene rings is 1. The van der Waals surface area contributed by atoms with E-state index in [0.717, 1.165) is 25.3 Å². The number of ether oxygens (including phenoxy) is 1. The first-order valence-corrected chi connectivity index (χ1v) is 9.66. The number of carbonyl (C=O) groups excluding carboxylic acids is 2. The maximum atomic E-state index is 12.8. The molecular formula is C21H27N5O3. The van der Waals surface area contributed by atoms with E-state index >= 15 is 0 Å². The van der Waals surface area contributed by atoms with Crippen molar-refractivity contribution in [1.29, 1.82) is 0 Å². The lowest BCUT2D eigenvalue weighted by atomic mass is 10.2. The molecule has 1 fully saturated rings. The van der Waals surface area contributed by atoms with Crippen LogP contribution in [0.5, 0.6) is 0 Å². The summed E-state index contributed by atoms with van der Waals surface area (Å²) >= 11 is 0. The quantitative estimate of drug-likeness (QED) is 0.736. The van der Waals surface area contributed by atoms with E-state index in [2.05, 4.69) is 20.5 Å². The third-order valence-electron chi connectivity index (χ3n) is 4.60. The SMILES string of the molecule is CN(C)CCNC(=O)c1ccnc(C(=O)Nc2ccccc2N2CCOCC2)c1. The fourth-order valence-electron chi connectivity index (χ4n) is 3.04. The summed E-state index contributed by atoms with van der Waals surface area (Å²) in [7, 11) is 3.88. The molecule has 0 spiro atoms. The van der Waals surface area contributed by atoms with Gasteiger partial charge in [0.05, 0.1) is 24.6 Å². The van der Waals surface area contributed by atoms with Gasteiger partial charge in [-0.15, -0.1) is 0 Å². The normalized spacial score (nSPS) is 14.0. The van der Waals surface area contributed by atoms with Crippen molar-refractivity contribution in [2.24, 2.45) is 0 Å². The van der Waals surface area contributed by atoms with Crippen LogP contribution in [0.2, 0.25) is 0 Å². The molecule has 1 aliphatic rings. The molecular weight excluding hydrogens is 370 g/mol. The number of nitrogens with one attached hydrogen (secondary N) is 2. The second-order valence-electron chi connectivity index (χ2n) is 7.06. The van der Waals surface area contributed by atoms with Crippen molar-refractivity contribution in [2.75, 3.05) is 63.7 Å². The van der Waals surface area contributed by atoms with E-state index in [4.69, 9.17) is 4.74 Å². The molecule has 0 atom stereocenters. The molecule has 29 heavy (non-hydrogen) atoms. The predicted octanol–water partition coefficient (Wildman–Crippen LogP) is 1.46. The number of likely N-dealkylation sites (N-methyl/N-ethyl adjacent to an activating group) is 1. The number of morpholine rings is 1. The van der Waals surface area contributed by atoms with E-state index in [1.165, 1.54) is 12.3 Å². The van der Waals surface area contributed by atoms with Crippen LogP contribution >= 0.6 is 0 Å². The topological polar surface area (TPSA) is 86.8 Å². The summed E-state index contributed by atoms with van der Waals surface area (Å²) < 4.78 is 5.41. The summed E-state index contributed by atoms with van der Waals surface area (Å²) in [4.78, 5) is 33.4. The number of carbonyl (C=O) groups is 2. The highest BCUT2D eigenvalue weighted by Gasteiger charge is 2.17. The molecule has 0 radical (unpaired) electrons. The standard InChI is InChI=1S/C21H27N5O3/c1-25(2)10-9-23-20(27)16-7-8-22-18(15-16)21(28)24-17-5-3-4-6-19(17)26-11-13-29-14-12-26/h3-8,15H,9-14H2,1-2H3,(H,23,27)(H,24,28). The molecule has 0 saturated carbocycles. The first-order chi connectivity index (χ1) is 14.0. The van der Waals surface area contributed by atoms with Gasteiger partial charge in [-0.3, -0.25) is 14.6 Å². The fraction of sp³-hybridized carbons (Fsp3) is 0.381. The van der Waals surface area contributed by atoms with Crippen molar-refractivity contribution < 1.29 is 14.3 Å². The Kier molecular flexibility index (Phi) is 7.15. The minimum atomic E-state index is -0.353. The van der Waals surface area contributed by atoms with Gasteiger partial charge >= 0.3 is 0 Å². The Bertz CT molecular complexity index is 850. The number of aromatic nitrogens is 1. The highest BCUT2D eigenvalue weighted by atomic mass is 16.5. The Morgan fingerprint density at radius 2 is 1.90 bits per heavy atom. The summed E-state index contributed by atoms with van der Waals surface area (Å²) in [6.45, 7) is 4.14. The third-order valence-corrected chi connectivity index (χ3v) is 4.60. The largest absolute Gasteiger partial charge is 0.378 e. The van der Waals surface area contributed by atoms with Crippen molar-refractivity contribution in [1.82, 2.24) is 15.2 Å². The van der Waals surface area contributed by atoms with Crippen LogP contribution in [-0.2, 0) is 4.74 Å². The average Bonchev–Trinajstić information content (AvgIpc) is 2.74. The fourth-order valence-corrected chi connectivity index (χ4v) is 3.04. The Labute approximate surface area is 170 Å². The van der Waals surface area contributed by atoms with Crippen LogP contribution in [0.25, 0.3) is 0 Å². The summed E-state index contributed by atoms with van der Waals surface area (Å²) in [5.74, 6) is -0.578.